The Balaban J connectivity index is 1.38. The Morgan fingerprint density at radius 3 is 2.65 bits per heavy atom. The molecule has 0 spiro atoms. The number of aromatic nitrogens is 3. The van der Waals surface area contributed by atoms with Crippen molar-refractivity contribution < 1.29 is 13.2 Å². The highest BCUT2D eigenvalue weighted by molar-refractivity contribution is 5.30. The Kier molecular flexibility index (Phi) is 6.41. The highest BCUT2D eigenvalue weighted by Gasteiger charge is 2.30. The van der Waals surface area contributed by atoms with Crippen LogP contribution in [0.15, 0.2) is 55.0 Å². The summed E-state index contributed by atoms with van der Waals surface area (Å²) in [4.78, 5) is 7.11. The van der Waals surface area contributed by atoms with E-state index in [1.54, 1.807) is 12.3 Å². The van der Waals surface area contributed by atoms with Gasteiger partial charge in [-0.3, -0.25) is 14.6 Å². The molecule has 2 aromatic heterocycles. The smallest absolute Gasteiger partial charge is 0.298 e. The molecule has 164 valence electrons. The van der Waals surface area contributed by atoms with Gasteiger partial charge in [-0.15, -0.1) is 0 Å². The van der Waals surface area contributed by atoms with Crippen molar-refractivity contribution in [2.45, 2.75) is 51.4 Å². The number of alkyl halides is 3. The van der Waals surface area contributed by atoms with Crippen molar-refractivity contribution in [3.63, 3.8) is 0 Å². The molecular formula is C24H27F3N4. The molecule has 1 unspecified atom stereocenters. The summed E-state index contributed by atoms with van der Waals surface area (Å²) >= 11 is 0. The fraction of sp³-hybridized carbons (Fsp3) is 0.417. The molecule has 4 rings (SSSR count). The first kappa shape index (κ1) is 21.6. The molecule has 0 N–H and O–H groups in total. The Labute approximate surface area is 180 Å². The van der Waals surface area contributed by atoms with E-state index < -0.39 is 11.7 Å². The molecule has 1 aliphatic heterocycles. The second-order valence-electron chi connectivity index (χ2n) is 8.24. The van der Waals surface area contributed by atoms with E-state index in [1.165, 1.54) is 17.7 Å². The van der Waals surface area contributed by atoms with Gasteiger partial charge < -0.3 is 0 Å². The summed E-state index contributed by atoms with van der Waals surface area (Å²) in [5.41, 5.74) is 3.23. The van der Waals surface area contributed by atoms with E-state index in [4.69, 9.17) is 0 Å². The van der Waals surface area contributed by atoms with Crippen molar-refractivity contribution in [2.24, 2.45) is 0 Å². The van der Waals surface area contributed by atoms with Crippen LogP contribution in [-0.2, 0) is 25.7 Å². The molecule has 0 amide bonds. The molecule has 0 radical (unpaired) electrons. The van der Waals surface area contributed by atoms with Crippen molar-refractivity contribution in [3.05, 3.63) is 82.9 Å². The second kappa shape index (κ2) is 9.22. The quantitative estimate of drug-likeness (QED) is 0.535. The third-order valence-electron chi connectivity index (χ3n) is 5.85. The van der Waals surface area contributed by atoms with Crippen LogP contribution >= 0.6 is 0 Å². The van der Waals surface area contributed by atoms with Crippen LogP contribution in [0.5, 0.6) is 0 Å². The molecule has 7 heteroatoms. The summed E-state index contributed by atoms with van der Waals surface area (Å²) in [5, 5.41) is 4.36. The SMILES string of the molecule is CCn1cc(CN2CCCC(c3ccc(Cc4cccc(C(F)(F)F)c4)cn3)C2)cn1. The summed E-state index contributed by atoms with van der Waals surface area (Å²) in [6.45, 7) is 5.87. The zero-order valence-corrected chi connectivity index (χ0v) is 17.6. The van der Waals surface area contributed by atoms with Gasteiger partial charge in [-0.25, -0.2) is 0 Å². The maximum absolute atomic E-state index is 12.9. The van der Waals surface area contributed by atoms with E-state index in [1.807, 2.05) is 23.0 Å². The molecule has 4 nitrogen and oxygen atoms in total. The predicted octanol–water partition coefficient (Wildman–Crippen LogP) is 5.29. The van der Waals surface area contributed by atoms with Gasteiger partial charge in [0.1, 0.15) is 0 Å². The van der Waals surface area contributed by atoms with Crippen molar-refractivity contribution in [2.75, 3.05) is 13.1 Å². The number of likely N-dealkylation sites (tertiary alicyclic amines) is 1. The van der Waals surface area contributed by atoms with Crippen LogP contribution < -0.4 is 0 Å². The fourth-order valence-corrected chi connectivity index (χ4v) is 4.24. The van der Waals surface area contributed by atoms with E-state index >= 15 is 0 Å². The topological polar surface area (TPSA) is 34.0 Å². The standard InChI is InChI=1S/C24H27F3N4/c1-2-31-16-20(14-29-31)15-30-10-4-6-21(17-30)23-9-8-19(13-28-23)11-18-5-3-7-22(12-18)24(25,26)27/h3,5,7-9,12-14,16,21H,2,4,6,10-11,15,17H2,1H3. The number of halogens is 3. The van der Waals surface area contributed by atoms with Gasteiger partial charge in [0.15, 0.2) is 0 Å². The lowest BCUT2D eigenvalue weighted by Crippen LogP contribution is -2.34. The summed E-state index contributed by atoms with van der Waals surface area (Å²) in [7, 11) is 0. The number of nitrogens with zero attached hydrogens (tertiary/aromatic N) is 4. The largest absolute Gasteiger partial charge is 0.416 e. The minimum absolute atomic E-state index is 0.373. The average Bonchev–Trinajstić information content (AvgIpc) is 3.22. The van der Waals surface area contributed by atoms with Crippen LogP contribution in [-0.4, -0.2) is 32.8 Å². The van der Waals surface area contributed by atoms with Crippen LogP contribution in [0.25, 0.3) is 0 Å². The van der Waals surface area contributed by atoms with E-state index in [2.05, 4.69) is 28.1 Å². The van der Waals surface area contributed by atoms with Crippen molar-refractivity contribution in [1.29, 1.82) is 0 Å². The molecular weight excluding hydrogens is 401 g/mol. The van der Waals surface area contributed by atoms with Crippen LogP contribution in [0.4, 0.5) is 13.2 Å². The highest BCUT2D eigenvalue weighted by atomic mass is 19.4. The van der Waals surface area contributed by atoms with Gasteiger partial charge in [-0.2, -0.15) is 18.3 Å². The number of piperidine rings is 1. The van der Waals surface area contributed by atoms with Crippen LogP contribution in [0.1, 0.15) is 53.6 Å². The Hall–Kier alpha value is -2.67. The summed E-state index contributed by atoms with van der Waals surface area (Å²) in [6, 6.07) is 9.53. The first-order valence-corrected chi connectivity index (χ1v) is 10.8. The first-order chi connectivity index (χ1) is 14.9. The van der Waals surface area contributed by atoms with Crippen molar-refractivity contribution in [1.82, 2.24) is 19.7 Å². The van der Waals surface area contributed by atoms with E-state index in [0.29, 0.717) is 17.9 Å². The molecule has 31 heavy (non-hydrogen) atoms. The maximum Gasteiger partial charge on any atom is 0.416 e. The number of rotatable bonds is 6. The summed E-state index contributed by atoms with van der Waals surface area (Å²) in [5.74, 6) is 0.373. The van der Waals surface area contributed by atoms with E-state index in [-0.39, 0.29) is 0 Å². The molecule has 3 aromatic rings. The fourth-order valence-electron chi connectivity index (χ4n) is 4.24. The molecule has 1 aliphatic rings. The van der Waals surface area contributed by atoms with Crippen molar-refractivity contribution >= 4 is 0 Å². The second-order valence-corrected chi connectivity index (χ2v) is 8.24. The van der Waals surface area contributed by atoms with Gasteiger partial charge in [0.2, 0.25) is 0 Å². The Morgan fingerprint density at radius 1 is 1.06 bits per heavy atom. The highest BCUT2D eigenvalue weighted by Crippen LogP contribution is 2.30. The number of benzene rings is 1. The lowest BCUT2D eigenvalue weighted by molar-refractivity contribution is -0.137. The maximum atomic E-state index is 12.9. The normalized spacial score (nSPS) is 17.7. The zero-order chi connectivity index (χ0) is 21.8. The van der Waals surface area contributed by atoms with Crippen molar-refractivity contribution in [3.8, 4) is 0 Å². The minimum Gasteiger partial charge on any atom is -0.298 e. The minimum atomic E-state index is -4.32. The van der Waals surface area contributed by atoms with Gasteiger partial charge in [-0.1, -0.05) is 24.3 Å². The number of hydrogen-bond acceptors (Lipinski definition) is 3. The Bertz CT molecular complexity index is 995. The summed E-state index contributed by atoms with van der Waals surface area (Å²) in [6.07, 6.45) is 4.19. The molecule has 1 atom stereocenters. The lowest BCUT2D eigenvalue weighted by atomic mass is 9.93. The molecule has 0 saturated carbocycles. The monoisotopic (exact) mass is 428 g/mol. The molecule has 1 saturated heterocycles. The predicted molar refractivity (Wildman–Crippen MR) is 114 cm³/mol. The van der Waals surface area contributed by atoms with Crippen LogP contribution in [0.2, 0.25) is 0 Å². The average molecular weight is 429 g/mol. The molecule has 0 bridgehead atoms. The lowest BCUT2D eigenvalue weighted by Gasteiger charge is -2.32. The van der Waals surface area contributed by atoms with Gasteiger partial charge in [0.25, 0.3) is 0 Å². The Morgan fingerprint density at radius 2 is 1.94 bits per heavy atom. The number of aryl methyl sites for hydroxylation is 1. The van der Waals surface area contributed by atoms with Crippen LogP contribution in [0.3, 0.4) is 0 Å². The molecule has 3 heterocycles. The van der Waals surface area contributed by atoms with E-state index in [9.17, 15) is 13.2 Å². The molecule has 0 aliphatic carbocycles. The van der Waals surface area contributed by atoms with Crippen LogP contribution in [0, 0.1) is 0 Å². The van der Waals surface area contributed by atoms with E-state index in [0.717, 1.165) is 56.3 Å². The summed E-state index contributed by atoms with van der Waals surface area (Å²) < 4.78 is 40.7. The number of pyridine rings is 1. The molecule has 1 aromatic carbocycles. The van der Waals surface area contributed by atoms with Gasteiger partial charge in [-0.05, 0) is 56.0 Å². The third kappa shape index (κ3) is 5.53. The van der Waals surface area contributed by atoms with Gasteiger partial charge >= 0.3 is 6.18 Å². The van der Waals surface area contributed by atoms with Gasteiger partial charge in [0.05, 0.1) is 11.8 Å². The van der Waals surface area contributed by atoms with Gasteiger partial charge in [0, 0.05) is 49.2 Å². The first-order valence-electron chi connectivity index (χ1n) is 10.8. The third-order valence-corrected chi connectivity index (χ3v) is 5.85. The zero-order valence-electron chi connectivity index (χ0n) is 17.6. The molecule has 1 fully saturated rings. The number of hydrogen-bond donors (Lipinski definition) is 0.